The van der Waals surface area contributed by atoms with Gasteiger partial charge in [0.1, 0.15) is 0 Å². The van der Waals surface area contributed by atoms with Crippen LogP contribution in [0.5, 0.6) is 5.88 Å². The van der Waals surface area contributed by atoms with E-state index in [1.54, 1.807) is 18.2 Å². The van der Waals surface area contributed by atoms with Crippen LogP contribution in [0.3, 0.4) is 0 Å². The lowest BCUT2D eigenvalue weighted by Crippen LogP contribution is -1.95. The monoisotopic (exact) mass is 385 g/mol. The second-order valence-electron chi connectivity index (χ2n) is 5.45. The van der Waals surface area contributed by atoms with Crippen molar-refractivity contribution in [1.82, 2.24) is 15.0 Å². The van der Waals surface area contributed by atoms with E-state index in [0.717, 1.165) is 11.0 Å². The van der Waals surface area contributed by atoms with E-state index >= 15 is 0 Å². The summed E-state index contributed by atoms with van der Waals surface area (Å²) in [6.07, 6.45) is 0. The first-order valence-corrected chi connectivity index (χ1v) is 8.99. The minimum absolute atomic E-state index is 0.0766. The number of azo groups is 1. The fraction of sp³-hybridized carbons (Fsp3) is 0.0588. The molecule has 2 heterocycles. The van der Waals surface area contributed by atoms with Crippen LogP contribution in [0, 0.1) is 0 Å². The van der Waals surface area contributed by atoms with E-state index in [1.165, 1.54) is 11.8 Å². The van der Waals surface area contributed by atoms with Crippen LogP contribution < -0.4 is 0 Å². The molecule has 4 aromatic rings. The Hall–Kier alpha value is -2.84. The number of nitrogens with zero attached hydrogens (tertiary/aromatic N) is 3. The number of rotatable bonds is 4. The number of halogens is 1. The minimum Gasteiger partial charge on any atom is -0.493 e. The number of aromatic amines is 2. The van der Waals surface area contributed by atoms with Gasteiger partial charge >= 0.3 is 0 Å². The molecule has 3 N–H and O–H groups in total. The summed E-state index contributed by atoms with van der Waals surface area (Å²) in [4.78, 5) is 22.3. The molecule has 0 aliphatic heterocycles. The van der Waals surface area contributed by atoms with E-state index in [1.807, 2.05) is 24.3 Å². The van der Waals surface area contributed by atoms with Crippen molar-refractivity contribution in [1.29, 1.82) is 0 Å². The number of hydrogen-bond acceptors (Lipinski definition) is 5. The van der Waals surface area contributed by atoms with Crippen molar-refractivity contribution in [2.45, 2.75) is 5.16 Å². The highest BCUT2D eigenvalue weighted by Crippen LogP contribution is 2.36. The van der Waals surface area contributed by atoms with Gasteiger partial charge in [0.25, 0.3) is 5.91 Å². The number of hydrogen-bond donors (Lipinski definition) is 3. The first kappa shape index (κ1) is 16.6. The minimum atomic E-state index is -0.439. The Labute approximate surface area is 156 Å². The molecule has 130 valence electrons. The summed E-state index contributed by atoms with van der Waals surface area (Å²) in [5.41, 5.74) is 2.59. The molecule has 0 radical (unpaired) electrons. The van der Waals surface area contributed by atoms with E-state index < -0.39 is 5.91 Å². The molecule has 0 aliphatic rings. The number of amides is 1. The molecule has 0 atom stereocenters. The molecular formula is C17H12ClN5O2S. The van der Waals surface area contributed by atoms with Crippen LogP contribution in [0.1, 0.15) is 0 Å². The number of carbonyl (C=O) groups excluding carboxylic acids is 1. The topological polar surface area (TPSA) is 106 Å². The molecule has 0 bridgehead atoms. The number of thioether (sulfide) groups is 1. The second kappa shape index (κ2) is 6.81. The summed E-state index contributed by atoms with van der Waals surface area (Å²) >= 11 is 7.21. The van der Waals surface area contributed by atoms with Crippen molar-refractivity contribution in [2.24, 2.45) is 10.2 Å². The van der Waals surface area contributed by atoms with Gasteiger partial charge in [0.05, 0.1) is 22.3 Å². The Kier molecular flexibility index (Phi) is 4.36. The molecule has 4 rings (SSSR count). The van der Waals surface area contributed by atoms with Crippen molar-refractivity contribution >= 4 is 56.9 Å². The van der Waals surface area contributed by atoms with E-state index in [-0.39, 0.29) is 17.3 Å². The predicted octanol–water partition coefficient (Wildman–Crippen LogP) is 4.81. The highest BCUT2D eigenvalue weighted by Gasteiger charge is 2.12. The number of para-hydroxylation sites is 2. The first-order chi connectivity index (χ1) is 12.6. The van der Waals surface area contributed by atoms with E-state index in [4.69, 9.17) is 11.6 Å². The molecule has 0 saturated carbocycles. The average Bonchev–Trinajstić information content (AvgIpc) is 3.18. The number of imidazole rings is 1. The standard InChI is InChI=1S/C17H12ClN5O2S/c18-9-5-6-11-10(7-9)15(16(25)19-11)23-22-14(24)8-26-17-20-12-3-1-2-4-13(12)21-17/h1-7,19,25H,8H2,(H,20,21). The van der Waals surface area contributed by atoms with Gasteiger partial charge in [0.15, 0.2) is 10.8 Å². The molecule has 0 fully saturated rings. The number of nitrogens with one attached hydrogen (secondary N) is 2. The maximum atomic E-state index is 12.0. The van der Waals surface area contributed by atoms with Crippen LogP contribution in [0.2, 0.25) is 5.02 Å². The SMILES string of the molecule is O=C(CSc1nc2ccccc2[nH]1)N=Nc1c(O)[nH]c2ccc(Cl)cc12. The summed E-state index contributed by atoms with van der Waals surface area (Å²) < 4.78 is 0. The Bertz CT molecular complexity index is 1120. The smallest absolute Gasteiger partial charge is 0.275 e. The fourth-order valence-corrected chi connectivity index (χ4v) is 3.33. The van der Waals surface area contributed by atoms with Gasteiger partial charge < -0.3 is 15.1 Å². The van der Waals surface area contributed by atoms with Gasteiger partial charge in [-0.1, -0.05) is 35.5 Å². The third-order valence-electron chi connectivity index (χ3n) is 3.68. The van der Waals surface area contributed by atoms with Crippen LogP contribution in [0.15, 0.2) is 57.8 Å². The van der Waals surface area contributed by atoms with Crippen molar-refractivity contribution in [3.8, 4) is 5.88 Å². The van der Waals surface area contributed by atoms with Crippen molar-refractivity contribution < 1.29 is 9.90 Å². The number of carbonyl (C=O) groups is 1. The Morgan fingerprint density at radius 3 is 2.88 bits per heavy atom. The number of aromatic hydroxyl groups is 1. The summed E-state index contributed by atoms with van der Waals surface area (Å²) in [7, 11) is 0. The second-order valence-corrected chi connectivity index (χ2v) is 6.85. The fourth-order valence-electron chi connectivity index (χ4n) is 2.50. The van der Waals surface area contributed by atoms with Gasteiger partial charge in [0.2, 0.25) is 5.88 Å². The van der Waals surface area contributed by atoms with Gasteiger partial charge in [-0.2, -0.15) is 0 Å². The van der Waals surface area contributed by atoms with Crippen molar-refractivity contribution in [2.75, 3.05) is 5.75 Å². The van der Waals surface area contributed by atoms with Crippen LogP contribution in [0.4, 0.5) is 5.69 Å². The molecule has 9 heteroatoms. The Morgan fingerprint density at radius 2 is 2.04 bits per heavy atom. The molecule has 0 spiro atoms. The highest BCUT2D eigenvalue weighted by molar-refractivity contribution is 7.99. The lowest BCUT2D eigenvalue weighted by atomic mass is 10.2. The molecule has 0 aliphatic carbocycles. The molecule has 0 saturated heterocycles. The first-order valence-electron chi connectivity index (χ1n) is 7.62. The summed E-state index contributed by atoms with van der Waals surface area (Å²) in [5.74, 6) is -0.525. The van der Waals surface area contributed by atoms with Crippen LogP contribution in [0.25, 0.3) is 21.9 Å². The van der Waals surface area contributed by atoms with Gasteiger partial charge in [0, 0.05) is 10.4 Å². The molecule has 1 amide bonds. The van der Waals surface area contributed by atoms with Gasteiger partial charge in [-0.15, -0.1) is 10.2 Å². The number of benzene rings is 2. The molecule has 0 unspecified atom stereocenters. The molecule has 2 aromatic carbocycles. The highest BCUT2D eigenvalue weighted by atomic mass is 35.5. The average molecular weight is 386 g/mol. The van der Waals surface area contributed by atoms with Gasteiger partial charge in [-0.25, -0.2) is 4.98 Å². The maximum absolute atomic E-state index is 12.0. The molecular weight excluding hydrogens is 374 g/mol. The lowest BCUT2D eigenvalue weighted by Gasteiger charge is -1.94. The van der Waals surface area contributed by atoms with Crippen molar-refractivity contribution in [3.05, 3.63) is 47.5 Å². The normalized spacial score (nSPS) is 11.7. The zero-order valence-corrected chi connectivity index (χ0v) is 14.8. The third kappa shape index (κ3) is 3.29. The van der Waals surface area contributed by atoms with E-state index in [9.17, 15) is 9.90 Å². The number of H-pyrrole nitrogens is 2. The van der Waals surface area contributed by atoms with Crippen molar-refractivity contribution in [3.63, 3.8) is 0 Å². The zero-order chi connectivity index (χ0) is 18.1. The van der Waals surface area contributed by atoms with E-state index in [2.05, 4.69) is 25.2 Å². The maximum Gasteiger partial charge on any atom is 0.275 e. The number of fused-ring (bicyclic) bond motifs is 2. The Balaban J connectivity index is 1.47. The summed E-state index contributed by atoms with van der Waals surface area (Å²) in [6.45, 7) is 0. The van der Waals surface area contributed by atoms with Gasteiger partial charge in [-0.3, -0.25) is 4.79 Å². The van der Waals surface area contributed by atoms with Gasteiger partial charge in [-0.05, 0) is 30.3 Å². The lowest BCUT2D eigenvalue weighted by molar-refractivity contribution is -0.115. The van der Waals surface area contributed by atoms with E-state index in [0.29, 0.717) is 21.1 Å². The summed E-state index contributed by atoms with van der Waals surface area (Å²) in [5, 5.41) is 19.2. The molecule has 7 nitrogen and oxygen atoms in total. The van der Waals surface area contributed by atoms with Crippen LogP contribution in [-0.2, 0) is 4.79 Å². The third-order valence-corrected chi connectivity index (χ3v) is 4.77. The predicted molar refractivity (Wildman–Crippen MR) is 101 cm³/mol. The van der Waals surface area contributed by atoms with Crippen LogP contribution in [-0.4, -0.2) is 31.7 Å². The largest absolute Gasteiger partial charge is 0.493 e. The molecule has 26 heavy (non-hydrogen) atoms. The summed E-state index contributed by atoms with van der Waals surface area (Å²) in [6, 6.07) is 12.7. The zero-order valence-electron chi connectivity index (χ0n) is 13.2. The Morgan fingerprint density at radius 1 is 1.19 bits per heavy atom. The molecule has 2 aromatic heterocycles. The van der Waals surface area contributed by atoms with Crippen LogP contribution >= 0.6 is 23.4 Å². The number of aromatic nitrogens is 3. The quantitative estimate of drug-likeness (QED) is 0.346.